The van der Waals surface area contributed by atoms with Crippen LogP contribution in [-0.2, 0) is 0 Å². The fraction of sp³-hybridized carbons (Fsp3) is 0.353. The zero-order chi connectivity index (χ0) is 16.2. The molecule has 0 amide bonds. The zero-order valence-corrected chi connectivity index (χ0v) is 13.1. The van der Waals surface area contributed by atoms with Crippen molar-refractivity contribution in [2.45, 2.75) is 31.4 Å². The quantitative estimate of drug-likeness (QED) is 0.824. The molecule has 1 aliphatic rings. The van der Waals surface area contributed by atoms with E-state index in [2.05, 4.69) is 5.32 Å². The van der Waals surface area contributed by atoms with Crippen molar-refractivity contribution in [3.8, 4) is 11.8 Å². The minimum Gasteiger partial charge on any atom is -0.484 e. The van der Waals surface area contributed by atoms with Gasteiger partial charge in [0.25, 0.3) is 0 Å². The highest BCUT2D eigenvalue weighted by molar-refractivity contribution is 6.30. The zero-order valence-electron chi connectivity index (χ0n) is 12.4. The van der Waals surface area contributed by atoms with Crippen LogP contribution in [0.5, 0.6) is 5.75 Å². The number of nitrogens with one attached hydrogen (secondary N) is 1. The lowest BCUT2D eigenvalue weighted by Gasteiger charge is -2.19. The van der Waals surface area contributed by atoms with Crippen molar-refractivity contribution >= 4 is 11.6 Å². The summed E-state index contributed by atoms with van der Waals surface area (Å²) in [5.74, 6) is -0.359. The molecule has 23 heavy (non-hydrogen) atoms. The third-order valence-corrected chi connectivity index (χ3v) is 4.03. The van der Waals surface area contributed by atoms with Crippen LogP contribution in [0.25, 0.3) is 0 Å². The van der Waals surface area contributed by atoms with E-state index in [-0.39, 0.29) is 22.4 Å². The third kappa shape index (κ3) is 4.04. The molecule has 1 heterocycles. The second-order valence-corrected chi connectivity index (χ2v) is 5.96. The van der Waals surface area contributed by atoms with Crippen molar-refractivity contribution < 1.29 is 13.5 Å². The van der Waals surface area contributed by atoms with Gasteiger partial charge in [0.15, 0.2) is 0 Å². The maximum absolute atomic E-state index is 13.5. The summed E-state index contributed by atoms with van der Waals surface area (Å²) in [5, 5.41) is 12.5. The van der Waals surface area contributed by atoms with Crippen molar-refractivity contribution in [2.75, 3.05) is 6.54 Å². The number of ether oxygens (including phenoxy) is 1. The SMILES string of the molecule is N#Cc1cc(F)c(Cl)cc1OC(CCNC1CC1)c1ccoc1. The van der Waals surface area contributed by atoms with Gasteiger partial charge < -0.3 is 14.5 Å². The first kappa shape index (κ1) is 15.9. The molecule has 1 aromatic carbocycles. The van der Waals surface area contributed by atoms with Crippen LogP contribution < -0.4 is 10.1 Å². The van der Waals surface area contributed by atoms with Gasteiger partial charge >= 0.3 is 0 Å². The van der Waals surface area contributed by atoms with E-state index in [9.17, 15) is 4.39 Å². The highest BCUT2D eigenvalue weighted by Crippen LogP contribution is 2.31. The molecule has 1 N–H and O–H groups in total. The molecule has 0 saturated heterocycles. The Labute approximate surface area is 138 Å². The first-order valence-corrected chi connectivity index (χ1v) is 7.86. The normalized spacial score (nSPS) is 15.2. The van der Waals surface area contributed by atoms with Crippen LogP contribution in [0.2, 0.25) is 5.02 Å². The van der Waals surface area contributed by atoms with Crippen molar-refractivity contribution in [3.63, 3.8) is 0 Å². The number of halogens is 2. The molecule has 1 aliphatic carbocycles. The molecule has 120 valence electrons. The van der Waals surface area contributed by atoms with Gasteiger partial charge in [0.1, 0.15) is 23.7 Å². The number of furan rings is 1. The molecular formula is C17H16ClFN2O2. The molecule has 1 atom stereocenters. The summed E-state index contributed by atoms with van der Waals surface area (Å²) in [6.45, 7) is 0.789. The van der Waals surface area contributed by atoms with E-state index < -0.39 is 5.82 Å². The number of benzene rings is 1. The lowest BCUT2D eigenvalue weighted by Crippen LogP contribution is -2.21. The molecule has 2 aromatic rings. The summed E-state index contributed by atoms with van der Waals surface area (Å²) in [4.78, 5) is 0. The number of rotatable bonds is 7. The predicted octanol–water partition coefficient (Wildman–Crippen LogP) is 4.21. The van der Waals surface area contributed by atoms with Gasteiger partial charge in [-0.3, -0.25) is 0 Å². The van der Waals surface area contributed by atoms with Crippen LogP contribution in [0.3, 0.4) is 0 Å². The Kier molecular flexibility index (Phi) is 4.85. The Morgan fingerprint density at radius 1 is 1.48 bits per heavy atom. The van der Waals surface area contributed by atoms with E-state index in [0.29, 0.717) is 12.5 Å². The number of nitrogens with zero attached hydrogens (tertiary/aromatic N) is 1. The summed E-state index contributed by atoms with van der Waals surface area (Å²) in [7, 11) is 0. The molecule has 4 nitrogen and oxygen atoms in total. The first-order valence-electron chi connectivity index (χ1n) is 7.48. The second-order valence-electron chi connectivity index (χ2n) is 5.55. The molecule has 0 spiro atoms. The average Bonchev–Trinajstić information content (AvgIpc) is 3.20. The lowest BCUT2D eigenvalue weighted by molar-refractivity contribution is 0.192. The first-order chi connectivity index (χ1) is 11.2. The Bertz CT molecular complexity index is 708. The molecule has 1 saturated carbocycles. The van der Waals surface area contributed by atoms with E-state index in [0.717, 1.165) is 18.2 Å². The van der Waals surface area contributed by atoms with Gasteiger partial charge in [0.2, 0.25) is 0 Å². The summed E-state index contributed by atoms with van der Waals surface area (Å²) < 4.78 is 24.6. The van der Waals surface area contributed by atoms with Gasteiger partial charge in [-0.1, -0.05) is 11.6 Å². The highest BCUT2D eigenvalue weighted by atomic mass is 35.5. The Balaban J connectivity index is 1.77. The minimum atomic E-state index is -0.633. The predicted molar refractivity (Wildman–Crippen MR) is 83.8 cm³/mol. The van der Waals surface area contributed by atoms with E-state index in [1.807, 2.05) is 12.1 Å². The van der Waals surface area contributed by atoms with Gasteiger partial charge in [-0.2, -0.15) is 5.26 Å². The van der Waals surface area contributed by atoms with Crippen molar-refractivity contribution in [1.82, 2.24) is 5.32 Å². The summed E-state index contributed by atoms with van der Waals surface area (Å²) in [5.41, 5.74) is 0.988. The molecule has 0 aliphatic heterocycles. The van der Waals surface area contributed by atoms with E-state index in [4.69, 9.17) is 26.0 Å². The largest absolute Gasteiger partial charge is 0.484 e. The Morgan fingerprint density at radius 2 is 2.30 bits per heavy atom. The standard InChI is InChI=1S/C17H16ClFN2O2/c18-14-8-17(12(9-20)7-15(14)19)23-16(11-4-6-22-10-11)3-5-21-13-1-2-13/h4,6-8,10,13,16,21H,1-3,5H2. The Hall–Kier alpha value is -2.03. The van der Waals surface area contributed by atoms with Gasteiger partial charge in [0, 0.05) is 24.1 Å². The van der Waals surface area contributed by atoms with Crippen LogP contribution in [0.4, 0.5) is 4.39 Å². The summed E-state index contributed by atoms with van der Waals surface area (Å²) in [6, 6.07) is 6.79. The van der Waals surface area contributed by atoms with Crippen molar-refractivity contribution in [3.05, 3.63) is 52.7 Å². The molecule has 0 bridgehead atoms. The fourth-order valence-electron chi connectivity index (χ4n) is 2.32. The van der Waals surface area contributed by atoms with Gasteiger partial charge in [0.05, 0.1) is 23.1 Å². The maximum Gasteiger partial charge on any atom is 0.143 e. The van der Waals surface area contributed by atoms with Crippen molar-refractivity contribution in [2.24, 2.45) is 0 Å². The monoisotopic (exact) mass is 334 g/mol. The van der Waals surface area contributed by atoms with Gasteiger partial charge in [-0.05, 0) is 31.5 Å². The number of hydrogen-bond donors (Lipinski definition) is 1. The van der Waals surface area contributed by atoms with E-state index in [1.165, 1.54) is 18.9 Å². The maximum atomic E-state index is 13.5. The smallest absolute Gasteiger partial charge is 0.143 e. The molecular weight excluding hydrogens is 319 g/mol. The lowest BCUT2D eigenvalue weighted by atomic mass is 10.1. The van der Waals surface area contributed by atoms with Crippen LogP contribution in [0.1, 0.15) is 36.5 Å². The average molecular weight is 335 g/mol. The van der Waals surface area contributed by atoms with E-state index >= 15 is 0 Å². The van der Waals surface area contributed by atoms with Crippen molar-refractivity contribution in [1.29, 1.82) is 5.26 Å². The fourth-order valence-corrected chi connectivity index (χ4v) is 2.48. The number of hydrogen-bond acceptors (Lipinski definition) is 4. The van der Waals surface area contributed by atoms with Gasteiger partial charge in [-0.25, -0.2) is 4.39 Å². The summed E-state index contributed by atoms with van der Waals surface area (Å²) in [6.07, 6.45) is 6.01. The number of nitriles is 1. The summed E-state index contributed by atoms with van der Waals surface area (Å²) >= 11 is 5.81. The molecule has 3 rings (SSSR count). The molecule has 6 heteroatoms. The van der Waals surface area contributed by atoms with Crippen LogP contribution in [-0.4, -0.2) is 12.6 Å². The van der Waals surface area contributed by atoms with Gasteiger partial charge in [-0.15, -0.1) is 0 Å². The highest BCUT2D eigenvalue weighted by Gasteiger charge is 2.22. The van der Waals surface area contributed by atoms with Crippen LogP contribution in [0.15, 0.2) is 35.1 Å². The van der Waals surface area contributed by atoms with Crippen LogP contribution in [0, 0.1) is 17.1 Å². The molecule has 1 aromatic heterocycles. The molecule has 1 fully saturated rings. The molecule has 0 radical (unpaired) electrons. The second kappa shape index (κ2) is 7.03. The topological polar surface area (TPSA) is 58.2 Å². The molecule has 1 unspecified atom stereocenters. The third-order valence-electron chi connectivity index (χ3n) is 3.74. The van der Waals surface area contributed by atoms with E-state index in [1.54, 1.807) is 12.5 Å². The van der Waals surface area contributed by atoms with Crippen LogP contribution >= 0.6 is 11.6 Å². The Morgan fingerprint density at radius 3 is 2.96 bits per heavy atom. The minimum absolute atomic E-state index is 0.0685.